The molecule has 0 unspecified atom stereocenters. The van der Waals surface area contributed by atoms with Crippen LogP contribution in [0, 0.1) is 3.57 Å². The first-order chi connectivity index (χ1) is 9.63. The lowest BCUT2D eigenvalue weighted by atomic mass is 10.2. The van der Waals surface area contributed by atoms with E-state index < -0.39 is 0 Å². The van der Waals surface area contributed by atoms with Crippen LogP contribution in [-0.2, 0) is 0 Å². The Kier molecular flexibility index (Phi) is 4.84. The predicted molar refractivity (Wildman–Crippen MR) is 86.7 cm³/mol. The maximum atomic E-state index is 12.2. The number of methoxy groups -OCH3 is 2. The highest BCUT2D eigenvalue weighted by Gasteiger charge is 2.09. The summed E-state index contributed by atoms with van der Waals surface area (Å²) in [5, 5.41) is 2.83. The van der Waals surface area contributed by atoms with E-state index in [4.69, 9.17) is 9.47 Å². The van der Waals surface area contributed by atoms with E-state index in [0.717, 1.165) is 9.32 Å². The van der Waals surface area contributed by atoms with Crippen molar-refractivity contribution in [3.63, 3.8) is 0 Å². The van der Waals surface area contributed by atoms with Gasteiger partial charge in [0.1, 0.15) is 11.5 Å². The summed E-state index contributed by atoms with van der Waals surface area (Å²) in [5.74, 6) is 1.29. The molecule has 0 spiro atoms. The molecule has 0 bridgehead atoms. The van der Waals surface area contributed by atoms with Crippen LogP contribution in [0.3, 0.4) is 0 Å². The van der Waals surface area contributed by atoms with Crippen molar-refractivity contribution in [2.45, 2.75) is 0 Å². The molecule has 104 valence electrons. The fraction of sp³-hybridized carbons (Fsp3) is 0.133. The molecule has 1 amide bonds. The van der Waals surface area contributed by atoms with Crippen LogP contribution in [-0.4, -0.2) is 20.1 Å². The first-order valence-electron chi connectivity index (χ1n) is 5.93. The fourth-order valence-corrected chi connectivity index (χ4v) is 2.45. The summed E-state index contributed by atoms with van der Waals surface area (Å²) in [6.07, 6.45) is 0. The van der Waals surface area contributed by atoms with Crippen molar-refractivity contribution in [3.8, 4) is 11.5 Å². The van der Waals surface area contributed by atoms with Crippen molar-refractivity contribution in [2.24, 2.45) is 0 Å². The average Bonchev–Trinajstić information content (AvgIpc) is 2.47. The number of hydrogen-bond donors (Lipinski definition) is 1. The van der Waals surface area contributed by atoms with Crippen LogP contribution in [0.1, 0.15) is 10.4 Å². The van der Waals surface area contributed by atoms with Gasteiger partial charge in [-0.2, -0.15) is 0 Å². The topological polar surface area (TPSA) is 47.6 Å². The number of carbonyl (C=O) groups excluding carboxylic acids is 1. The molecule has 0 atom stereocenters. The molecule has 0 aliphatic rings. The Morgan fingerprint density at radius 3 is 2.55 bits per heavy atom. The quantitative estimate of drug-likeness (QED) is 0.822. The number of nitrogens with one attached hydrogen (secondary N) is 1. The van der Waals surface area contributed by atoms with Gasteiger partial charge in [0, 0.05) is 17.3 Å². The summed E-state index contributed by atoms with van der Waals surface area (Å²) in [7, 11) is 3.19. The molecule has 1 N–H and O–H groups in total. The smallest absolute Gasteiger partial charge is 0.255 e. The summed E-state index contributed by atoms with van der Waals surface area (Å²) in [4.78, 5) is 12.2. The van der Waals surface area contributed by atoms with Gasteiger partial charge in [0.05, 0.1) is 17.8 Å². The summed E-state index contributed by atoms with van der Waals surface area (Å²) in [6, 6.07) is 12.5. The monoisotopic (exact) mass is 383 g/mol. The number of halogens is 1. The minimum absolute atomic E-state index is 0.168. The van der Waals surface area contributed by atoms with Crippen LogP contribution in [0.25, 0.3) is 0 Å². The molecule has 0 aromatic heterocycles. The molecule has 0 aliphatic carbocycles. The lowest BCUT2D eigenvalue weighted by Crippen LogP contribution is -2.12. The number of hydrogen-bond acceptors (Lipinski definition) is 3. The van der Waals surface area contributed by atoms with Gasteiger partial charge in [0.15, 0.2) is 0 Å². The van der Waals surface area contributed by atoms with Gasteiger partial charge in [0.25, 0.3) is 5.91 Å². The summed E-state index contributed by atoms with van der Waals surface area (Å²) >= 11 is 2.14. The maximum Gasteiger partial charge on any atom is 0.255 e. The summed E-state index contributed by atoms with van der Waals surface area (Å²) < 4.78 is 11.2. The molecule has 5 heteroatoms. The second kappa shape index (κ2) is 6.60. The number of anilines is 1. The van der Waals surface area contributed by atoms with Crippen molar-refractivity contribution in [3.05, 3.63) is 51.6 Å². The van der Waals surface area contributed by atoms with Crippen LogP contribution >= 0.6 is 22.6 Å². The molecular formula is C15H14INO3. The zero-order chi connectivity index (χ0) is 14.5. The molecular weight excluding hydrogens is 369 g/mol. The minimum Gasteiger partial charge on any atom is -0.497 e. The number of amides is 1. The molecule has 4 nitrogen and oxygen atoms in total. The van der Waals surface area contributed by atoms with E-state index in [1.54, 1.807) is 38.5 Å². The normalized spacial score (nSPS) is 9.95. The molecule has 2 aromatic carbocycles. The van der Waals surface area contributed by atoms with Gasteiger partial charge in [-0.1, -0.05) is 6.07 Å². The van der Waals surface area contributed by atoms with Crippen molar-refractivity contribution < 1.29 is 14.3 Å². The second-order valence-electron chi connectivity index (χ2n) is 4.04. The van der Waals surface area contributed by atoms with Crippen molar-refractivity contribution in [1.82, 2.24) is 0 Å². The zero-order valence-corrected chi connectivity index (χ0v) is 13.3. The van der Waals surface area contributed by atoms with E-state index in [0.29, 0.717) is 17.0 Å². The van der Waals surface area contributed by atoms with Crippen LogP contribution in [0.15, 0.2) is 42.5 Å². The molecule has 2 rings (SSSR count). The molecule has 0 saturated carbocycles. The van der Waals surface area contributed by atoms with Gasteiger partial charge >= 0.3 is 0 Å². The van der Waals surface area contributed by atoms with E-state index >= 15 is 0 Å². The molecule has 20 heavy (non-hydrogen) atoms. The Morgan fingerprint density at radius 1 is 1.10 bits per heavy atom. The van der Waals surface area contributed by atoms with Crippen LogP contribution < -0.4 is 14.8 Å². The first-order valence-corrected chi connectivity index (χ1v) is 7.01. The summed E-state index contributed by atoms with van der Waals surface area (Å²) in [6.45, 7) is 0. The van der Waals surface area contributed by atoms with Gasteiger partial charge in [-0.25, -0.2) is 0 Å². The SMILES string of the molecule is COc1cccc(NC(=O)c2ccc(OC)c(I)c2)c1. The van der Waals surface area contributed by atoms with E-state index in [1.807, 2.05) is 18.2 Å². The first kappa shape index (κ1) is 14.6. The van der Waals surface area contributed by atoms with Crippen LogP contribution in [0.4, 0.5) is 5.69 Å². The van der Waals surface area contributed by atoms with E-state index in [1.165, 1.54) is 0 Å². The average molecular weight is 383 g/mol. The van der Waals surface area contributed by atoms with Gasteiger partial charge in [-0.15, -0.1) is 0 Å². The highest BCUT2D eigenvalue weighted by atomic mass is 127. The Labute approximate surface area is 131 Å². The second-order valence-corrected chi connectivity index (χ2v) is 5.20. The van der Waals surface area contributed by atoms with Crippen molar-refractivity contribution in [1.29, 1.82) is 0 Å². The van der Waals surface area contributed by atoms with Crippen molar-refractivity contribution >= 4 is 34.2 Å². The Balaban J connectivity index is 2.17. The Bertz CT molecular complexity index is 628. The van der Waals surface area contributed by atoms with Crippen LogP contribution in [0.2, 0.25) is 0 Å². The van der Waals surface area contributed by atoms with E-state index in [9.17, 15) is 4.79 Å². The minimum atomic E-state index is -0.168. The van der Waals surface area contributed by atoms with Gasteiger partial charge in [-0.05, 0) is 52.9 Å². The number of carbonyl (C=O) groups is 1. The third-order valence-electron chi connectivity index (χ3n) is 2.74. The Morgan fingerprint density at radius 2 is 1.90 bits per heavy atom. The van der Waals surface area contributed by atoms with Gasteiger partial charge < -0.3 is 14.8 Å². The standard InChI is InChI=1S/C15H14INO3/c1-19-12-5-3-4-11(9-12)17-15(18)10-6-7-14(20-2)13(16)8-10/h3-9H,1-2H3,(H,17,18). The number of rotatable bonds is 4. The molecule has 2 aromatic rings. The van der Waals surface area contributed by atoms with Gasteiger partial charge in [-0.3, -0.25) is 4.79 Å². The predicted octanol–water partition coefficient (Wildman–Crippen LogP) is 3.56. The molecule has 0 aliphatic heterocycles. The molecule has 0 heterocycles. The summed E-state index contributed by atoms with van der Waals surface area (Å²) in [5.41, 5.74) is 1.28. The molecule has 0 radical (unpaired) electrons. The highest BCUT2D eigenvalue weighted by Crippen LogP contribution is 2.23. The maximum absolute atomic E-state index is 12.2. The third kappa shape index (κ3) is 3.41. The molecule has 0 saturated heterocycles. The number of ether oxygens (including phenoxy) is 2. The number of benzene rings is 2. The largest absolute Gasteiger partial charge is 0.497 e. The molecule has 0 fully saturated rings. The fourth-order valence-electron chi connectivity index (χ4n) is 1.71. The van der Waals surface area contributed by atoms with E-state index in [-0.39, 0.29) is 5.91 Å². The third-order valence-corrected chi connectivity index (χ3v) is 3.58. The zero-order valence-electron chi connectivity index (χ0n) is 11.1. The van der Waals surface area contributed by atoms with Crippen molar-refractivity contribution in [2.75, 3.05) is 19.5 Å². The lowest BCUT2D eigenvalue weighted by Gasteiger charge is -2.08. The van der Waals surface area contributed by atoms with Gasteiger partial charge in [0.2, 0.25) is 0 Å². The lowest BCUT2D eigenvalue weighted by molar-refractivity contribution is 0.102. The van der Waals surface area contributed by atoms with Crippen LogP contribution in [0.5, 0.6) is 11.5 Å². The highest BCUT2D eigenvalue weighted by molar-refractivity contribution is 14.1. The van der Waals surface area contributed by atoms with E-state index in [2.05, 4.69) is 27.9 Å². The Hall–Kier alpha value is -1.76.